The van der Waals surface area contributed by atoms with Crippen LogP contribution in [0.25, 0.3) is 16.3 Å². The Bertz CT molecular complexity index is 1120. The van der Waals surface area contributed by atoms with E-state index < -0.39 is 11.8 Å². The predicted molar refractivity (Wildman–Crippen MR) is 112 cm³/mol. The van der Waals surface area contributed by atoms with Crippen LogP contribution in [0.1, 0.15) is 12.6 Å². The van der Waals surface area contributed by atoms with E-state index in [2.05, 4.69) is 15.4 Å². The number of hydrogen-bond acceptors (Lipinski definition) is 6. The summed E-state index contributed by atoms with van der Waals surface area (Å²) in [6, 6.07) is 5.96. The second kappa shape index (κ2) is 8.80. The zero-order chi connectivity index (χ0) is 22.0. The number of nitrogens with zero attached hydrogens (tertiary/aromatic N) is 5. The summed E-state index contributed by atoms with van der Waals surface area (Å²) in [5.41, 5.74) is 1.57. The third-order valence-corrected chi connectivity index (χ3v) is 5.99. The number of carbonyl (C=O) groups excluding carboxylic acids is 3. The standard InChI is InChI=1S/C20H21FN6O3S/c1-13(28)25-8-10-26(11-9-25)19(30)18(29)22-7-6-16-12-31-20-23-17(24-27(16)20)14-2-4-15(21)5-3-14/h2-5,12H,6-11H2,1H3,(H,22,29). The van der Waals surface area contributed by atoms with Gasteiger partial charge in [0.05, 0.1) is 5.69 Å². The van der Waals surface area contributed by atoms with Crippen LogP contribution in [0.5, 0.6) is 0 Å². The van der Waals surface area contributed by atoms with E-state index in [9.17, 15) is 18.8 Å². The Balaban J connectivity index is 1.32. The number of benzene rings is 1. The van der Waals surface area contributed by atoms with Crippen molar-refractivity contribution in [1.29, 1.82) is 0 Å². The number of aromatic nitrogens is 3. The topological polar surface area (TPSA) is 99.9 Å². The number of piperazine rings is 1. The first-order valence-corrected chi connectivity index (χ1v) is 10.7. The predicted octanol–water partition coefficient (Wildman–Crippen LogP) is 0.946. The normalized spacial score (nSPS) is 14.1. The van der Waals surface area contributed by atoms with Gasteiger partial charge in [0, 0.05) is 57.0 Å². The molecule has 0 bridgehead atoms. The molecular formula is C20H21FN6O3S. The van der Waals surface area contributed by atoms with Crippen molar-refractivity contribution in [2.75, 3.05) is 32.7 Å². The quantitative estimate of drug-likeness (QED) is 0.604. The first-order chi connectivity index (χ1) is 14.9. The van der Waals surface area contributed by atoms with Crippen LogP contribution in [0.15, 0.2) is 29.6 Å². The fourth-order valence-corrected chi connectivity index (χ4v) is 4.22. The van der Waals surface area contributed by atoms with Crippen LogP contribution in [0.4, 0.5) is 4.39 Å². The zero-order valence-corrected chi connectivity index (χ0v) is 17.7. The van der Waals surface area contributed by atoms with Gasteiger partial charge in [0.25, 0.3) is 0 Å². The fourth-order valence-electron chi connectivity index (χ4n) is 3.37. The Morgan fingerprint density at radius 1 is 1.10 bits per heavy atom. The average Bonchev–Trinajstić information content (AvgIpc) is 3.35. The van der Waals surface area contributed by atoms with E-state index in [1.165, 1.54) is 35.3 Å². The molecule has 1 aliphatic rings. The molecule has 3 amide bonds. The summed E-state index contributed by atoms with van der Waals surface area (Å²) in [7, 11) is 0. The first kappa shape index (κ1) is 20.9. The van der Waals surface area contributed by atoms with Crippen LogP contribution in [0, 0.1) is 5.82 Å². The van der Waals surface area contributed by atoms with Crippen molar-refractivity contribution in [3.8, 4) is 11.4 Å². The number of hydrogen-bond donors (Lipinski definition) is 1. The van der Waals surface area contributed by atoms with Crippen molar-refractivity contribution < 1.29 is 18.8 Å². The molecule has 0 atom stereocenters. The minimum absolute atomic E-state index is 0.0330. The van der Waals surface area contributed by atoms with Gasteiger partial charge >= 0.3 is 11.8 Å². The van der Waals surface area contributed by atoms with Gasteiger partial charge < -0.3 is 15.1 Å². The van der Waals surface area contributed by atoms with Gasteiger partial charge in [-0.3, -0.25) is 14.4 Å². The minimum atomic E-state index is -0.659. The fraction of sp³-hybridized carbons (Fsp3) is 0.350. The smallest absolute Gasteiger partial charge is 0.312 e. The summed E-state index contributed by atoms with van der Waals surface area (Å²) in [6.45, 7) is 3.33. The van der Waals surface area contributed by atoms with E-state index in [-0.39, 0.29) is 18.3 Å². The Morgan fingerprint density at radius 2 is 1.77 bits per heavy atom. The van der Waals surface area contributed by atoms with Crippen molar-refractivity contribution in [2.24, 2.45) is 0 Å². The summed E-state index contributed by atoms with van der Waals surface area (Å²) >= 11 is 1.42. The molecule has 0 unspecified atom stereocenters. The zero-order valence-electron chi connectivity index (χ0n) is 16.9. The number of thiazole rings is 1. The molecule has 3 heterocycles. The lowest BCUT2D eigenvalue weighted by Gasteiger charge is -2.33. The Hall–Kier alpha value is -3.34. The first-order valence-electron chi connectivity index (χ1n) is 9.84. The maximum Gasteiger partial charge on any atom is 0.312 e. The molecule has 31 heavy (non-hydrogen) atoms. The number of fused-ring (bicyclic) bond motifs is 1. The van der Waals surface area contributed by atoms with Gasteiger partial charge in [0.1, 0.15) is 5.82 Å². The lowest BCUT2D eigenvalue weighted by molar-refractivity contribution is -0.148. The third kappa shape index (κ3) is 4.55. The molecule has 11 heteroatoms. The molecule has 9 nitrogen and oxygen atoms in total. The van der Waals surface area contributed by atoms with Crippen LogP contribution in [0.3, 0.4) is 0 Å². The SMILES string of the molecule is CC(=O)N1CCN(C(=O)C(=O)NCCc2csc3nc(-c4ccc(F)cc4)nn23)CC1. The van der Waals surface area contributed by atoms with Crippen molar-refractivity contribution in [1.82, 2.24) is 29.7 Å². The third-order valence-electron chi connectivity index (χ3n) is 5.13. The van der Waals surface area contributed by atoms with Crippen LogP contribution < -0.4 is 5.32 Å². The van der Waals surface area contributed by atoms with Crippen LogP contribution in [-0.4, -0.2) is 74.8 Å². The van der Waals surface area contributed by atoms with Gasteiger partial charge in [0.15, 0.2) is 5.82 Å². The van der Waals surface area contributed by atoms with Crippen LogP contribution >= 0.6 is 11.3 Å². The van der Waals surface area contributed by atoms with Gasteiger partial charge in [-0.05, 0) is 24.3 Å². The van der Waals surface area contributed by atoms with Crippen LogP contribution in [-0.2, 0) is 20.8 Å². The summed E-state index contributed by atoms with van der Waals surface area (Å²) in [5.74, 6) is -1.10. The molecule has 3 aromatic rings. The summed E-state index contributed by atoms with van der Waals surface area (Å²) < 4.78 is 14.8. The van der Waals surface area contributed by atoms with Gasteiger partial charge in [-0.15, -0.1) is 16.4 Å². The molecule has 1 aliphatic heterocycles. The number of nitrogens with one attached hydrogen (secondary N) is 1. The molecule has 2 aromatic heterocycles. The minimum Gasteiger partial charge on any atom is -0.347 e. The molecule has 0 radical (unpaired) electrons. The number of rotatable bonds is 4. The maximum atomic E-state index is 13.1. The highest BCUT2D eigenvalue weighted by molar-refractivity contribution is 7.15. The van der Waals surface area contributed by atoms with Crippen molar-refractivity contribution in [3.63, 3.8) is 0 Å². The van der Waals surface area contributed by atoms with Gasteiger partial charge in [0.2, 0.25) is 10.9 Å². The van der Waals surface area contributed by atoms with Crippen molar-refractivity contribution in [2.45, 2.75) is 13.3 Å². The Labute approximate surface area is 181 Å². The number of carbonyl (C=O) groups is 3. The molecule has 0 saturated carbocycles. The van der Waals surface area contributed by atoms with E-state index >= 15 is 0 Å². The number of amides is 3. The van der Waals surface area contributed by atoms with E-state index in [0.29, 0.717) is 48.9 Å². The van der Waals surface area contributed by atoms with Gasteiger partial charge in [-0.2, -0.15) is 4.98 Å². The largest absolute Gasteiger partial charge is 0.347 e. The Kier molecular flexibility index (Phi) is 5.94. The summed E-state index contributed by atoms with van der Waals surface area (Å²) in [4.78, 5) is 44.2. The highest BCUT2D eigenvalue weighted by Crippen LogP contribution is 2.21. The van der Waals surface area contributed by atoms with Crippen LogP contribution in [0.2, 0.25) is 0 Å². The van der Waals surface area contributed by atoms with E-state index in [1.807, 2.05) is 5.38 Å². The molecule has 1 saturated heterocycles. The van der Waals surface area contributed by atoms with E-state index in [4.69, 9.17) is 0 Å². The van der Waals surface area contributed by atoms with E-state index in [1.54, 1.807) is 21.5 Å². The average molecular weight is 444 g/mol. The highest BCUT2D eigenvalue weighted by atomic mass is 32.1. The molecule has 0 aliphatic carbocycles. The highest BCUT2D eigenvalue weighted by Gasteiger charge is 2.26. The molecule has 1 aromatic carbocycles. The molecule has 4 rings (SSSR count). The lowest BCUT2D eigenvalue weighted by atomic mass is 10.2. The maximum absolute atomic E-state index is 13.1. The summed E-state index contributed by atoms with van der Waals surface area (Å²) in [5, 5.41) is 9.03. The monoisotopic (exact) mass is 444 g/mol. The second-order valence-corrected chi connectivity index (χ2v) is 8.00. The molecule has 162 valence electrons. The lowest BCUT2D eigenvalue weighted by Crippen LogP contribution is -2.53. The molecule has 1 N–H and O–H groups in total. The van der Waals surface area contributed by atoms with Crippen molar-refractivity contribution >= 4 is 34.0 Å². The van der Waals surface area contributed by atoms with E-state index in [0.717, 1.165) is 5.69 Å². The number of halogens is 1. The molecular weight excluding hydrogens is 423 g/mol. The molecule has 0 spiro atoms. The van der Waals surface area contributed by atoms with Crippen molar-refractivity contribution in [3.05, 3.63) is 41.2 Å². The second-order valence-electron chi connectivity index (χ2n) is 7.17. The van der Waals surface area contributed by atoms with Gasteiger partial charge in [-0.25, -0.2) is 8.91 Å². The Morgan fingerprint density at radius 3 is 2.45 bits per heavy atom. The van der Waals surface area contributed by atoms with Gasteiger partial charge in [-0.1, -0.05) is 0 Å². The summed E-state index contributed by atoms with van der Waals surface area (Å²) in [6.07, 6.45) is 0.476. The molecule has 1 fully saturated rings.